The molecule has 146 valence electrons. The fraction of sp³-hybridized carbons (Fsp3) is 0.400. The Morgan fingerprint density at radius 1 is 1.14 bits per heavy atom. The molecule has 0 saturated carbocycles. The van der Waals surface area contributed by atoms with Crippen molar-refractivity contribution in [2.24, 2.45) is 0 Å². The van der Waals surface area contributed by atoms with Crippen LogP contribution in [0.4, 0.5) is 0 Å². The number of thiazole rings is 1. The summed E-state index contributed by atoms with van der Waals surface area (Å²) in [6.45, 7) is 6.12. The smallest absolute Gasteiger partial charge is 0.267 e. The van der Waals surface area contributed by atoms with Crippen molar-refractivity contribution in [2.75, 3.05) is 26.2 Å². The third-order valence-electron chi connectivity index (χ3n) is 4.88. The molecule has 0 bridgehead atoms. The number of hydrogen-bond donors (Lipinski definition) is 0. The van der Waals surface area contributed by atoms with Gasteiger partial charge in [-0.25, -0.2) is 4.98 Å². The van der Waals surface area contributed by atoms with Gasteiger partial charge in [0.15, 0.2) is 0 Å². The summed E-state index contributed by atoms with van der Waals surface area (Å²) in [7, 11) is 0. The Balaban J connectivity index is 1.33. The van der Waals surface area contributed by atoms with Crippen molar-refractivity contribution in [3.63, 3.8) is 0 Å². The first kappa shape index (κ1) is 19.2. The van der Waals surface area contributed by atoms with Crippen LogP contribution in [0.1, 0.15) is 33.7 Å². The van der Waals surface area contributed by atoms with E-state index in [9.17, 15) is 4.79 Å². The van der Waals surface area contributed by atoms with Gasteiger partial charge in [-0.3, -0.25) is 9.69 Å². The van der Waals surface area contributed by atoms with Crippen molar-refractivity contribution in [1.82, 2.24) is 24.4 Å². The van der Waals surface area contributed by atoms with Gasteiger partial charge >= 0.3 is 0 Å². The lowest BCUT2D eigenvalue weighted by molar-refractivity contribution is 0.0632. The molecule has 28 heavy (non-hydrogen) atoms. The van der Waals surface area contributed by atoms with E-state index in [-0.39, 0.29) is 5.91 Å². The second-order valence-electron chi connectivity index (χ2n) is 6.86. The van der Waals surface area contributed by atoms with Gasteiger partial charge in [0.2, 0.25) is 0 Å². The lowest BCUT2D eigenvalue weighted by atomic mass is 10.2. The lowest BCUT2D eigenvalue weighted by Crippen LogP contribution is -2.48. The average Bonchev–Trinajstić information content (AvgIpc) is 3.39. The summed E-state index contributed by atoms with van der Waals surface area (Å²) < 4.78 is 3.98. The molecule has 4 rings (SSSR count). The summed E-state index contributed by atoms with van der Waals surface area (Å²) in [5.41, 5.74) is 3.04. The van der Waals surface area contributed by atoms with E-state index in [4.69, 9.17) is 4.98 Å². The highest BCUT2D eigenvalue weighted by Crippen LogP contribution is 2.23. The van der Waals surface area contributed by atoms with Gasteiger partial charge in [-0.05, 0) is 18.0 Å². The zero-order valence-corrected chi connectivity index (χ0v) is 17.5. The lowest BCUT2D eigenvalue weighted by Gasteiger charge is -2.34. The van der Waals surface area contributed by atoms with Gasteiger partial charge in [0.05, 0.1) is 17.9 Å². The number of aryl methyl sites for hydroxylation is 1. The van der Waals surface area contributed by atoms with Crippen LogP contribution in [-0.2, 0) is 13.0 Å². The number of benzene rings is 1. The minimum Gasteiger partial charge on any atom is -0.335 e. The van der Waals surface area contributed by atoms with E-state index in [0.29, 0.717) is 4.88 Å². The Kier molecular flexibility index (Phi) is 6.09. The predicted octanol–water partition coefficient (Wildman–Crippen LogP) is 3.57. The number of hydrogen-bond acceptors (Lipinski definition) is 7. The van der Waals surface area contributed by atoms with E-state index >= 15 is 0 Å². The Bertz CT molecular complexity index is 916. The summed E-state index contributed by atoms with van der Waals surface area (Å²) in [5.74, 6) is 0.0821. The Morgan fingerprint density at radius 3 is 2.68 bits per heavy atom. The first-order valence-electron chi connectivity index (χ1n) is 9.57. The fourth-order valence-corrected chi connectivity index (χ4v) is 4.86. The Labute approximate surface area is 173 Å². The molecule has 0 unspecified atom stereocenters. The van der Waals surface area contributed by atoms with Crippen LogP contribution in [0.2, 0.25) is 0 Å². The van der Waals surface area contributed by atoms with Crippen molar-refractivity contribution in [1.29, 1.82) is 0 Å². The molecular weight excluding hydrogens is 390 g/mol. The van der Waals surface area contributed by atoms with Crippen molar-refractivity contribution in [2.45, 2.75) is 26.3 Å². The molecule has 0 N–H and O–H groups in total. The molecule has 8 heteroatoms. The van der Waals surface area contributed by atoms with E-state index in [2.05, 4.69) is 38.9 Å². The van der Waals surface area contributed by atoms with E-state index in [0.717, 1.165) is 67.5 Å². The maximum Gasteiger partial charge on any atom is 0.267 e. The highest BCUT2D eigenvalue weighted by molar-refractivity contribution is 7.10. The van der Waals surface area contributed by atoms with Crippen LogP contribution in [0.25, 0.3) is 11.3 Å². The van der Waals surface area contributed by atoms with Gasteiger partial charge in [-0.2, -0.15) is 0 Å². The quantitative estimate of drug-likeness (QED) is 0.618. The van der Waals surface area contributed by atoms with Crippen LogP contribution in [-0.4, -0.2) is 56.5 Å². The standard InChI is InChI=1S/C20H23N5OS2/c1-2-6-16-19(28-23-22-16)20(26)25-11-9-24(10-12-25)13-18-21-17(14-27-18)15-7-4-3-5-8-15/h3-5,7-8,14H,2,6,9-13H2,1H3. The molecule has 1 fully saturated rings. The van der Waals surface area contributed by atoms with Gasteiger partial charge < -0.3 is 4.90 Å². The molecule has 0 spiro atoms. The van der Waals surface area contributed by atoms with Gasteiger partial charge in [-0.15, -0.1) is 16.4 Å². The largest absolute Gasteiger partial charge is 0.335 e. The van der Waals surface area contributed by atoms with Gasteiger partial charge in [0, 0.05) is 37.1 Å². The number of nitrogens with zero attached hydrogens (tertiary/aromatic N) is 5. The normalized spacial score (nSPS) is 15.1. The molecule has 1 amide bonds. The maximum atomic E-state index is 12.8. The van der Waals surface area contributed by atoms with Crippen molar-refractivity contribution in [3.05, 3.63) is 51.3 Å². The zero-order valence-electron chi connectivity index (χ0n) is 15.9. The average molecular weight is 414 g/mol. The second-order valence-corrected chi connectivity index (χ2v) is 8.56. The van der Waals surface area contributed by atoms with Gasteiger partial charge in [0.25, 0.3) is 5.91 Å². The summed E-state index contributed by atoms with van der Waals surface area (Å²) >= 11 is 2.92. The van der Waals surface area contributed by atoms with Crippen LogP contribution in [0.5, 0.6) is 0 Å². The molecule has 0 atom stereocenters. The van der Waals surface area contributed by atoms with Crippen molar-refractivity contribution in [3.8, 4) is 11.3 Å². The van der Waals surface area contributed by atoms with E-state index in [1.165, 1.54) is 11.5 Å². The molecule has 2 aromatic heterocycles. The summed E-state index contributed by atoms with van der Waals surface area (Å²) in [6.07, 6.45) is 1.78. The Hall–Kier alpha value is -2.16. The van der Waals surface area contributed by atoms with E-state index in [1.807, 2.05) is 23.1 Å². The molecule has 0 aliphatic carbocycles. The zero-order chi connectivity index (χ0) is 19.3. The number of rotatable bonds is 6. The summed E-state index contributed by atoms with van der Waals surface area (Å²) in [6, 6.07) is 10.3. The third kappa shape index (κ3) is 4.29. The van der Waals surface area contributed by atoms with Gasteiger partial charge in [-0.1, -0.05) is 48.2 Å². The molecule has 1 saturated heterocycles. The van der Waals surface area contributed by atoms with E-state index in [1.54, 1.807) is 11.3 Å². The maximum absolute atomic E-state index is 12.8. The minimum absolute atomic E-state index is 0.0821. The molecule has 6 nitrogen and oxygen atoms in total. The van der Waals surface area contributed by atoms with E-state index < -0.39 is 0 Å². The fourth-order valence-electron chi connectivity index (χ4n) is 3.34. The van der Waals surface area contributed by atoms with Crippen LogP contribution in [0.3, 0.4) is 0 Å². The molecule has 0 radical (unpaired) electrons. The minimum atomic E-state index is 0.0821. The van der Waals surface area contributed by atoms with Crippen molar-refractivity contribution < 1.29 is 4.79 Å². The highest BCUT2D eigenvalue weighted by Gasteiger charge is 2.26. The van der Waals surface area contributed by atoms with Gasteiger partial charge in [0.1, 0.15) is 9.88 Å². The number of amides is 1. The summed E-state index contributed by atoms with van der Waals surface area (Å²) in [4.78, 5) is 22.6. The van der Waals surface area contributed by atoms with Crippen LogP contribution in [0.15, 0.2) is 35.7 Å². The Morgan fingerprint density at radius 2 is 1.93 bits per heavy atom. The molecule has 3 aromatic rings. The number of aromatic nitrogens is 3. The SMILES string of the molecule is CCCc1nnsc1C(=O)N1CCN(Cc2nc(-c3ccccc3)cs2)CC1. The number of piperazine rings is 1. The topological polar surface area (TPSA) is 62.2 Å². The molecular formula is C20H23N5OS2. The first-order chi connectivity index (χ1) is 13.7. The third-order valence-corrected chi connectivity index (χ3v) is 6.47. The molecule has 3 heterocycles. The summed E-state index contributed by atoms with van der Waals surface area (Å²) in [5, 5.41) is 7.37. The predicted molar refractivity (Wildman–Crippen MR) is 113 cm³/mol. The molecule has 1 aromatic carbocycles. The highest BCUT2D eigenvalue weighted by atomic mass is 32.1. The first-order valence-corrected chi connectivity index (χ1v) is 11.2. The number of carbonyl (C=O) groups is 1. The van der Waals surface area contributed by atoms with Crippen molar-refractivity contribution >= 4 is 28.8 Å². The molecule has 1 aliphatic rings. The number of carbonyl (C=O) groups excluding carboxylic acids is 1. The second kappa shape index (κ2) is 8.89. The molecule has 1 aliphatic heterocycles. The monoisotopic (exact) mass is 413 g/mol. The van der Waals surface area contributed by atoms with Crippen LogP contribution in [0, 0.1) is 0 Å². The van der Waals surface area contributed by atoms with Crippen LogP contribution < -0.4 is 0 Å². The van der Waals surface area contributed by atoms with Crippen LogP contribution >= 0.6 is 22.9 Å².